The van der Waals surface area contributed by atoms with Crippen LogP contribution in [0.25, 0.3) is 0 Å². The molecule has 0 radical (unpaired) electrons. The smallest absolute Gasteiger partial charge is 0.191 e. The van der Waals surface area contributed by atoms with E-state index >= 15 is 0 Å². The molecule has 0 aromatic heterocycles. The Morgan fingerprint density at radius 1 is 1.23 bits per heavy atom. The molecule has 7 nitrogen and oxygen atoms in total. The van der Waals surface area contributed by atoms with Gasteiger partial charge in [-0.3, -0.25) is 14.8 Å². The predicted molar refractivity (Wildman–Crippen MR) is 138 cm³/mol. The third-order valence-electron chi connectivity index (χ3n) is 6.13. The standard InChI is InChI=1S/C23H39N5O2.HI/c1-5-24-23(25-16-18(2)27(3)20-8-9-20)26-17-22(28-12-14-30-15-13-28)19-6-10-21(29-4)11-7-19;/h6-7,10-11,18,20,22H,5,8-9,12-17H2,1-4H3,(H2,24,25,26);1H. The molecule has 176 valence electrons. The van der Waals surface area contributed by atoms with E-state index in [1.165, 1.54) is 18.4 Å². The Balaban J connectivity index is 0.00000341. The molecule has 2 fully saturated rings. The average molecular weight is 546 g/mol. The number of halogens is 1. The minimum atomic E-state index is 0. The first-order chi connectivity index (χ1) is 14.6. The first-order valence-electron chi connectivity index (χ1n) is 11.3. The number of guanidine groups is 1. The number of ether oxygens (including phenoxy) is 2. The molecule has 31 heavy (non-hydrogen) atoms. The third-order valence-corrected chi connectivity index (χ3v) is 6.13. The summed E-state index contributed by atoms with van der Waals surface area (Å²) in [6.07, 6.45) is 2.65. The topological polar surface area (TPSA) is 61.4 Å². The first-order valence-corrected chi connectivity index (χ1v) is 11.3. The van der Waals surface area contributed by atoms with Gasteiger partial charge in [-0.1, -0.05) is 12.1 Å². The van der Waals surface area contributed by atoms with Gasteiger partial charge in [0.15, 0.2) is 5.96 Å². The minimum Gasteiger partial charge on any atom is -0.497 e. The van der Waals surface area contributed by atoms with E-state index in [2.05, 4.69) is 53.5 Å². The molecule has 2 unspecified atom stereocenters. The zero-order valence-electron chi connectivity index (χ0n) is 19.5. The van der Waals surface area contributed by atoms with Gasteiger partial charge in [0.25, 0.3) is 0 Å². The Kier molecular flexibility index (Phi) is 11.3. The van der Waals surface area contributed by atoms with Crippen molar-refractivity contribution in [1.82, 2.24) is 20.4 Å². The van der Waals surface area contributed by atoms with E-state index < -0.39 is 0 Å². The molecule has 1 saturated carbocycles. The third kappa shape index (κ3) is 8.07. The number of hydrogen-bond donors (Lipinski definition) is 2. The van der Waals surface area contributed by atoms with E-state index in [0.29, 0.717) is 6.04 Å². The fourth-order valence-electron chi connectivity index (χ4n) is 3.90. The highest BCUT2D eigenvalue weighted by Gasteiger charge is 2.29. The Hall–Kier alpha value is -1.10. The number of morpholine rings is 1. The molecule has 1 heterocycles. The van der Waals surface area contributed by atoms with E-state index in [1.54, 1.807) is 7.11 Å². The van der Waals surface area contributed by atoms with E-state index in [0.717, 1.165) is 63.7 Å². The number of rotatable bonds is 10. The summed E-state index contributed by atoms with van der Waals surface area (Å²) in [4.78, 5) is 9.82. The monoisotopic (exact) mass is 545 g/mol. The molecule has 2 atom stereocenters. The first kappa shape index (κ1) is 26.2. The summed E-state index contributed by atoms with van der Waals surface area (Å²) >= 11 is 0. The van der Waals surface area contributed by atoms with Gasteiger partial charge in [-0.05, 0) is 51.4 Å². The molecule has 1 aliphatic carbocycles. The van der Waals surface area contributed by atoms with Gasteiger partial charge in [0.05, 0.1) is 32.9 Å². The lowest BCUT2D eigenvalue weighted by Crippen LogP contribution is -2.46. The van der Waals surface area contributed by atoms with Crippen LogP contribution in [0.4, 0.5) is 0 Å². The van der Waals surface area contributed by atoms with Crippen molar-refractivity contribution in [3.8, 4) is 5.75 Å². The van der Waals surface area contributed by atoms with Crippen LogP contribution < -0.4 is 15.4 Å². The van der Waals surface area contributed by atoms with E-state index in [1.807, 2.05) is 12.1 Å². The summed E-state index contributed by atoms with van der Waals surface area (Å²) in [6.45, 7) is 10.3. The van der Waals surface area contributed by atoms with Gasteiger partial charge >= 0.3 is 0 Å². The number of likely N-dealkylation sites (N-methyl/N-ethyl adjacent to an activating group) is 1. The highest BCUT2D eigenvalue weighted by atomic mass is 127. The second-order valence-electron chi connectivity index (χ2n) is 8.28. The van der Waals surface area contributed by atoms with Crippen molar-refractivity contribution in [2.24, 2.45) is 4.99 Å². The van der Waals surface area contributed by atoms with Crippen molar-refractivity contribution in [3.63, 3.8) is 0 Å². The average Bonchev–Trinajstić information content (AvgIpc) is 3.63. The number of aliphatic imine (C=N–C) groups is 1. The van der Waals surface area contributed by atoms with Crippen molar-refractivity contribution in [1.29, 1.82) is 0 Å². The maximum atomic E-state index is 5.58. The maximum Gasteiger partial charge on any atom is 0.191 e. The molecular weight excluding hydrogens is 505 g/mol. The zero-order chi connectivity index (χ0) is 21.3. The summed E-state index contributed by atoms with van der Waals surface area (Å²) in [7, 11) is 3.92. The van der Waals surface area contributed by atoms with Gasteiger partial charge in [0.1, 0.15) is 5.75 Å². The maximum absolute atomic E-state index is 5.58. The summed E-state index contributed by atoms with van der Waals surface area (Å²) in [5, 5.41) is 7.00. The van der Waals surface area contributed by atoms with Crippen molar-refractivity contribution in [3.05, 3.63) is 29.8 Å². The van der Waals surface area contributed by atoms with Crippen molar-refractivity contribution in [2.45, 2.75) is 44.8 Å². The lowest BCUT2D eigenvalue weighted by Gasteiger charge is -2.35. The minimum absolute atomic E-state index is 0. The van der Waals surface area contributed by atoms with E-state index in [4.69, 9.17) is 14.5 Å². The van der Waals surface area contributed by atoms with E-state index in [-0.39, 0.29) is 30.0 Å². The van der Waals surface area contributed by atoms with Crippen LogP contribution in [0.5, 0.6) is 5.75 Å². The Labute approximate surface area is 205 Å². The highest BCUT2D eigenvalue weighted by Crippen LogP contribution is 2.27. The molecule has 0 bridgehead atoms. The quantitative estimate of drug-likeness (QED) is 0.268. The van der Waals surface area contributed by atoms with Gasteiger partial charge in [0.2, 0.25) is 0 Å². The molecule has 8 heteroatoms. The molecule has 3 rings (SSSR count). The highest BCUT2D eigenvalue weighted by molar-refractivity contribution is 14.0. The summed E-state index contributed by atoms with van der Waals surface area (Å²) < 4.78 is 10.9. The van der Waals surface area contributed by atoms with Gasteiger partial charge in [0, 0.05) is 38.3 Å². The van der Waals surface area contributed by atoms with Crippen molar-refractivity contribution >= 4 is 29.9 Å². The summed E-state index contributed by atoms with van der Waals surface area (Å²) in [5.74, 6) is 1.77. The SMILES string of the molecule is CCNC(=NCC(C)N(C)C1CC1)NCC(c1ccc(OC)cc1)N1CCOCC1.I. The fraction of sp³-hybridized carbons (Fsp3) is 0.696. The van der Waals surface area contributed by atoms with Crippen LogP contribution in [0, 0.1) is 0 Å². The van der Waals surface area contributed by atoms with Crippen LogP contribution in [0.3, 0.4) is 0 Å². The molecule has 1 saturated heterocycles. The normalized spacial score (nSPS) is 19.5. The number of nitrogens with one attached hydrogen (secondary N) is 2. The van der Waals surface area contributed by atoms with Crippen molar-refractivity contribution < 1.29 is 9.47 Å². The molecule has 1 aliphatic heterocycles. The number of methoxy groups -OCH3 is 1. The second kappa shape index (κ2) is 13.4. The number of hydrogen-bond acceptors (Lipinski definition) is 5. The number of nitrogens with zero attached hydrogens (tertiary/aromatic N) is 3. The van der Waals surface area contributed by atoms with Gasteiger partial charge in [-0.25, -0.2) is 0 Å². The van der Waals surface area contributed by atoms with Crippen molar-refractivity contribution in [2.75, 3.05) is 60.1 Å². The molecule has 2 aliphatic rings. The molecule has 1 aromatic rings. The largest absolute Gasteiger partial charge is 0.497 e. The Morgan fingerprint density at radius 2 is 1.90 bits per heavy atom. The molecular formula is C23H40IN5O2. The summed E-state index contributed by atoms with van der Waals surface area (Å²) in [5.41, 5.74) is 1.28. The Morgan fingerprint density at radius 3 is 2.48 bits per heavy atom. The zero-order valence-corrected chi connectivity index (χ0v) is 21.8. The van der Waals surface area contributed by atoms with Gasteiger partial charge < -0.3 is 20.1 Å². The van der Waals surface area contributed by atoms with Gasteiger partial charge in [-0.15, -0.1) is 24.0 Å². The van der Waals surface area contributed by atoms with Gasteiger partial charge in [-0.2, -0.15) is 0 Å². The molecule has 1 aromatic carbocycles. The molecule has 0 spiro atoms. The second-order valence-corrected chi connectivity index (χ2v) is 8.28. The molecule has 2 N–H and O–H groups in total. The molecule has 0 amide bonds. The van der Waals surface area contributed by atoms with Crippen LogP contribution in [0.1, 0.15) is 38.3 Å². The van der Waals surface area contributed by atoms with Crippen LogP contribution in [0.2, 0.25) is 0 Å². The van der Waals surface area contributed by atoms with Crippen LogP contribution >= 0.6 is 24.0 Å². The van der Waals surface area contributed by atoms with Crippen LogP contribution in [-0.4, -0.2) is 87.9 Å². The number of benzene rings is 1. The lowest BCUT2D eigenvalue weighted by atomic mass is 10.0. The predicted octanol–water partition coefficient (Wildman–Crippen LogP) is 2.72. The summed E-state index contributed by atoms with van der Waals surface area (Å²) in [6, 6.07) is 9.87. The lowest BCUT2D eigenvalue weighted by molar-refractivity contribution is 0.0170. The Bertz CT molecular complexity index is 662. The van der Waals surface area contributed by atoms with Crippen LogP contribution in [0.15, 0.2) is 29.3 Å². The van der Waals surface area contributed by atoms with E-state index in [9.17, 15) is 0 Å². The van der Waals surface area contributed by atoms with Crippen LogP contribution in [-0.2, 0) is 4.74 Å². The fourth-order valence-corrected chi connectivity index (χ4v) is 3.90.